The van der Waals surface area contributed by atoms with E-state index in [4.69, 9.17) is 4.74 Å². The lowest BCUT2D eigenvalue weighted by atomic mass is 10.2. The summed E-state index contributed by atoms with van der Waals surface area (Å²) in [5.74, 6) is -0.631. The molecule has 2 aromatic heterocycles. The minimum atomic E-state index is -0.746. The number of nitrogens with zero attached hydrogens (tertiary/aromatic N) is 4. The molecule has 0 fully saturated rings. The smallest absolute Gasteiger partial charge is 0.378 e. The summed E-state index contributed by atoms with van der Waals surface area (Å²) in [6.45, 7) is 0.0916. The highest BCUT2D eigenvalue weighted by atomic mass is 32.1. The minimum absolute atomic E-state index is 0.101. The Morgan fingerprint density at radius 3 is 2.39 bits per heavy atom. The van der Waals surface area contributed by atoms with Gasteiger partial charge in [0.15, 0.2) is 12.4 Å². The van der Waals surface area contributed by atoms with Crippen LogP contribution in [0.1, 0.15) is 15.5 Å². The minimum Gasteiger partial charge on any atom is -0.450 e. The number of para-hydroxylation sites is 1. The first-order chi connectivity index (χ1) is 15.1. The summed E-state index contributed by atoms with van der Waals surface area (Å²) >= 11 is 1.57. The van der Waals surface area contributed by atoms with E-state index in [0.29, 0.717) is 12.4 Å². The largest absolute Gasteiger partial charge is 0.450 e. The molecule has 0 saturated heterocycles. The van der Waals surface area contributed by atoms with E-state index in [2.05, 4.69) is 10.1 Å². The van der Waals surface area contributed by atoms with Crippen molar-refractivity contribution in [1.82, 2.24) is 19.7 Å². The van der Waals surface area contributed by atoms with Crippen molar-refractivity contribution in [1.29, 1.82) is 0 Å². The topological polar surface area (TPSA) is 77.3 Å². The van der Waals surface area contributed by atoms with Gasteiger partial charge in [-0.05, 0) is 23.6 Å². The average molecular weight is 433 g/mol. The molecule has 8 heteroatoms. The van der Waals surface area contributed by atoms with Crippen LogP contribution >= 0.6 is 11.3 Å². The number of aromatic nitrogens is 3. The Bertz CT molecular complexity index is 1100. The number of carbonyl (C=O) groups is 2. The molecule has 31 heavy (non-hydrogen) atoms. The molecular weight excluding hydrogens is 412 g/mol. The molecule has 0 atom stereocenters. The molecule has 0 bridgehead atoms. The molecule has 0 aliphatic carbocycles. The fourth-order valence-corrected chi connectivity index (χ4v) is 3.71. The summed E-state index contributed by atoms with van der Waals surface area (Å²) in [6.07, 6.45) is 0. The van der Waals surface area contributed by atoms with Gasteiger partial charge in [-0.25, -0.2) is 14.5 Å². The van der Waals surface area contributed by atoms with Crippen LogP contribution < -0.4 is 0 Å². The Morgan fingerprint density at radius 2 is 1.71 bits per heavy atom. The average Bonchev–Trinajstić information content (AvgIpc) is 3.48. The van der Waals surface area contributed by atoms with E-state index in [9.17, 15) is 9.59 Å². The van der Waals surface area contributed by atoms with Crippen LogP contribution in [0.4, 0.5) is 0 Å². The van der Waals surface area contributed by atoms with E-state index in [1.54, 1.807) is 23.1 Å². The highest BCUT2D eigenvalue weighted by molar-refractivity contribution is 7.09. The number of hydrogen-bond acceptors (Lipinski definition) is 6. The summed E-state index contributed by atoms with van der Waals surface area (Å²) in [7, 11) is 1.67. The number of amides is 1. The molecule has 0 aliphatic heterocycles. The lowest BCUT2D eigenvalue weighted by Gasteiger charge is -2.15. The Kier molecular flexibility index (Phi) is 6.18. The first-order valence-electron chi connectivity index (χ1n) is 9.63. The zero-order valence-electron chi connectivity index (χ0n) is 16.8. The maximum Gasteiger partial charge on any atom is 0.378 e. The first-order valence-corrected chi connectivity index (χ1v) is 10.5. The van der Waals surface area contributed by atoms with Crippen LogP contribution in [0, 0.1) is 0 Å². The Balaban J connectivity index is 1.50. The lowest BCUT2D eigenvalue weighted by molar-refractivity contribution is -0.133. The van der Waals surface area contributed by atoms with Crippen molar-refractivity contribution in [2.45, 2.75) is 6.54 Å². The summed E-state index contributed by atoms with van der Waals surface area (Å²) in [6, 6.07) is 22.7. The molecule has 0 saturated carbocycles. The van der Waals surface area contributed by atoms with Crippen molar-refractivity contribution < 1.29 is 14.3 Å². The van der Waals surface area contributed by atoms with Crippen LogP contribution in [-0.4, -0.2) is 45.2 Å². The number of hydrogen-bond donors (Lipinski definition) is 0. The van der Waals surface area contributed by atoms with Gasteiger partial charge in [-0.15, -0.1) is 16.4 Å². The normalized spacial score (nSPS) is 10.6. The highest BCUT2D eigenvalue weighted by Gasteiger charge is 2.21. The van der Waals surface area contributed by atoms with Crippen molar-refractivity contribution in [3.63, 3.8) is 0 Å². The number of thiophene rings is 1. The highest BCUT2D eigenvalue weighted by Crippen LogP contribution is 2.21. The molecule has 2 aromatic carbocycles. The molecule has 0 radical (unpaired) electrons. The van der Waals surface area contributed by atoms with Crippen LogP contribution in [0.5, 0.6) is 0 Å². The van der Waals surface area contributed by atoms with Crippen molar-refractivity contribution in [3.8, 4) is 17.1 Å². The SMILES string of the molecule is CN(Cc1cccs1)C(=O)COC(=O)c1nc(-c2ccccc2)n(-c2ccccc2)n1. The van der Waals surface area contributed by atoms with Gasteiger partial charge in [0.05, 0.1) is 12.2 Å². The van der Waals surface area contributed by atoms with E-state index in [-0.39, 0.29) is 18.3 Å². The number of benzene rings is 2. The molecule has 0 spiro atoms. The molecule has 7 nitrogen and oxygen atoms in total. The Hall–Kier alpha value is -3.78. The van der Waals surface area contributed by atoms with Crippen molar-refractivity contribution >= 4 is 23.2 Å². The molecule has 156 valence electrons. The van der Waals surface area contributed by atoms with E-state index in [0.717, 1.165) is 16.1 Å². The van der Waals surface area contributed by atoms with Gasteiger partial charge in [0.1, 0.15) is 0 Å². The first kappa shape index (κ1) is 20.5. The van der Waals surface area contributed by atoms with Gasteiger partial charge < -0.3 is 9.64 Å². The molecular formula is C23H20N4O3S. The Labute approximate surface area is 183 Å². The molecule has 0 aliphatic rings. The zero-order valence-corrected chi connectivity index (χ0v) is 17.7. The molecule has 0 unspecified atom stereocenters. The molecule has 0 N–H and O–H groups in total. The predicted octanol–water partition coefficient (Wildman–Crippen LogP) is 3.81. The number of likely N-dealkylation sites (N-methyl/N-ethyl adjacent to an activating group) is 1. The fourth-order valence-electron chi connectivity index (χ4n) is 2.95. The van der Waals surface area contributed by atoms with E-state index in [1.807, 2.05) is 78.2 Å². The maximum atomic E-state index is 12.6. The van der Waals surface area contributed by atoms with Gasteiger partial charge in [-0.3, -0.25) is 4.79 Å². The summed E-state index contributed by atoms with van der Waals surface area (Å²) in [4.78, 5) is 31.9. The van der Waals surface area contributed by atoms with E-state index >= 15 is 0 Å². The quantitative estimate of drug-likeness (QED) is 0.415. The van der Waals surface area contributed by atoms with Gasteiger partial charge in [-0.2, -0.15) is 0 Å². The number of ether oxygens (including phenoxy) is 1. The molecule has 1 amide bonds. The summed E-state index contributed by atoms with van der Waals surface area (Å²) < 4.78 is 6.80. The third kappa shape index (κ3) is 4.87. The van der Waals surface area contributed by atoms with Crippen LogP contribution in [-0.2, 0) is 16.1 Å². The van der Waals surface area contributed by atoms with Crippen LogP contribution in [0.3, 0.4) is 0 Å². The monoisotopic (exact) mass is 432 g/mol. The third-order valence-corrected chi connectivity index (χ3v) is 5.41. The van der Waals surface area contributed by atoms with E-state index < -0.39 is 5.97 Å². The van der Waals surface area contributed by atoms with Crippen LogP contribution in [0.25, 0.3) is 17.1 Å². The molecule has 4 aromatic rings. The molecule has 2 heterocycles. The maximum absolute atomic E-state index is 12.6. The second kappa shape index (κ2) is 9.36. The Morgan fingerprint density at radius 1 is 1.00 bits per heavy atom. The second-order valence-corrected chi connectivity index (χ2v) is 7.81. The fraction of sp³-hybridized carbons (Fsp3) is 0.130. The van der Waals surface area contributed by atoms with E-state index in [1.165, 1.54) is 4.90 Å². The molecule has 4 rings (SSSR count). The number of esters is 1. The number of carbonyl (C=O) groups excluding carboxylic acids is 2. The van der Waals surface area contributed by atoms with Gasteiger partial charge in [0, 0.05) is 17.5 Å². The van der Waals surface area contributed by atoms with Crippen LogP contribution in [0.2, 0.25) is 0 Å². The lowest BCUT2D eigenvalue weighted by Crippen LogP contribution is -2.30. The second-order valence-electron chi connectivity index (χ2n) is 6.78. The summed E-state index contributed by atoms with van der Waals surface area (Å²) in [5, 5.41) is 6.30. The van der Waals surface area contributed by atoms with Gasteiger partial charge in [0.25, 0.3) is 11.7 Å². The predicted molar refractivity (Wildman–Crippen MR) is 118 cm³/mol. The summed E-state index contributed by atoms with van der Waals surface area (Å²) in [5.41, 5.74) is 1.57. The number of rotatable bonds is 7. The van der Waals surface area contributed by atoms with Crippen molar-refractivity contribution in [2.75, 3.05) is 13.7 Å². The van der Waals surface area contributed by atoms with Gasteiger partial charge >= 0.3 is 5.97 Å². The standard InChI is InChI=1S/C23H20N4O3S/c1-26(15-19-13-8-14-31-19)20(28)16-30-23(29)21-24-22(17-9-4-2-5-10-17)27(25-21)18-11-6-3-7-12-18/h2-14H,15-16H2,1H3. The van der Waals surface area contributed by atoms with Crippen molar-refractivity contribution in [3.05, 3.63) is 88.9 Å². The van der Waals surface area contributed by atoms with Gasteiger partial charge in [-0.1, -0.05) is 54.6 Å². The van der Waals surface area contributed by atoms with Crippen molar-refractivity contribution in [2.24, 2.45) is 0 Å². The van der Waals surface area contributed by atoms with Crippen LogP contribution in [0.15, 0.2) is 78.2 Å². The zero-order chi connectivity index (χ0) is 21.6. The third-order valence-electron chi connectivity index (χ3n) is 4.55. The van der Waals surface area contributed by atoms with Gasteiger partial charge in [0.2, 0.25) is 0 Å².